The second-order valence-electron chi connectivity index (χ2n) is 5.78. The van der Waals surface area contributed by atoms with E-state index >= 15 is 0 Å². The molecule has 2 heterocycles. The van der Waals surface area contributed by atoms with Crippen molar-refractivity contribution < 1.29 is 23.7 Å². The van der Waals surface area contributed by atoms with Crippen LogP contribution in [-0.4, -0.2) is 32.0 Å². The Balaban J connectivity index is 1.40. The molecule has 0 aliphatic carbocycles. The minimum Gasteiger partial charge on any atom is -0.486 e. The first-order valence-corrected chi connectivity index (χ1v) is 8.06. The minimum absolute atomic E-state index is 0.158. The van der Waals surface area contributed by atoms with Gasteiger partial charge in [-0.2, -0.15) is 0 Å². The number of carbonyl (C=O) groups is 1. The van der Waals surface area contributed by atoms with Gasteiger partial charge in [-0.25, -0.2) is 0 Å². The van der Waals surface area contributed by atoms with E-state index in [4.69, 9.17) is 18.9 Å². The van der Waals surface area contributed by atoms with Gasteiger partial charge in [0.2, 0.25) is 12.7 Å². The quantitative estimate of drug-likeness (QED) is 0.889. The molecule has 1 atom stereocenters. The average Bonchev–Trinajstić information content (AvgIpc) is 3.09. The highest BCUT2D eigenvalue weighted by Gasteiger charge is 2.18. The minimum atomic E-state index is -0.437. The van der Waals surface area contributed by atoms with Crippen molar-refractivity contribution in [1.82, 2.24) is 0 Å². The molecule has 25 heavy (non-hydrogen) atoms. The summed E-state index contributed by atoms with van der Waals surface area (Å²) in [5.41, 5.74) is 1.45. The van der Waals surface area contributed by atoms with Gasteiger partial charge in [0.1, 0.15) is 19.3 Å². The number of hydrogen-bond acceptors (Lipinski definition) is 6. The van der Waals surface area contributed by atoms with Crippen molar-refractivity contribution in [1.29, 1.82) is 0 Å². The van der Waals surface area contributed by atoms with E-state index in [1.807, 2.05) is 18.2 Å². The molecule has 0 unspecified atom stereocenters. The molecular formula is C18H18N2O5. The fourth-order valence-corrected chi connectivity index (χ4v) is 2.67. The standard InChI is InChI=1S/C18H18N2O5/c1-11(19-12-2-5-15-17(8-12)25-10-24-15)18(21)20-13-3-4-14-16(9-13)23-7-6-22-14/h2-5,8-9,11,19H,6-7,10H2,1H3,(H,20,21)/t11-/m0/s1. The lowest BCUT2D eigenvalue weighted by molar-refractivity contribution is -0.116. The molecule has 7 heteroatoms. The molecule has 0 fully saturated rings. The van der Waals surface area contributed by atoms with Gasteiger partial charge < -0.3 is 29.6 Å². The fourth-order valence-electron chi connectivity index (χ4n) is 2.67. The van der Waals surface area contributed by atoms with Crippen LogP contribution < -0.4 is 29.6 Å². The molecule has 2 aromatic rings. The number of fused-ring (bicyclic) bond motifs is 2. The molecule has 130 valence electrons. The van der Waals surface area contributed by atoms with E-state index in [1.54, 1.807) is 25.1 Å². The molecule has 1 amide bonds. The van der Waals surface area contributed by atoms with E-state index < -0.39 is 6.04 Å². The summed E-state index contributed by atoms with van der Waals surface area (Å²) in [5.74, 6) is 2.55. The normalized spacial score (nSPS) is 15.4. The van der Waals surface area contributed by atoms with Gasteiger partial charge in [0.15, 0.2) is 23.0 Å². The lowest BCUT2D eigenvalue weighted by Gasteiger charge is -2.20. The van der Waals surface area contributed by atoms with Crippen LogP contribution in [0.4, 0.5) is 11.4 Å². The summed E-state index contributed by atoms with van der Waals surface area (Å²) in [5, 5.41) is 6.02. The van der Waals surface area contributed by atoms with Crippen molar-refractivity contribution in [2.75, 3.05) is 30.6 Å². The Hall–Kier alpha value is -3.09. The van der Waals surface area contributed by atoms with Crippen LogP contribution in [0.15, 0.2) is 36.4 Å². The molecule has 2 aliphatic rings. The number of rotatable bonds is 4. The molecule has 0 radical (unpaired) electrons. The number of amides is 1. The summed E-state index contributed by atoms with van der Waals surface area (Å²) in [6.45, 7) is 3.05. The number of nitrogens with one attached hydrogen (secondary N) is 2. The van der Waals surface area contributed by atoms with Crippen LogP contribution in [0.5, 0.6) is 23.0 Å². The third-order valence-electron chi connectivity index (χ3n) is 3.96. The highest BCUT2D eigenvalue weighted by atomic mass is 16.7. The van der Waals surface area contributed by atoms with Crippen LogP contribution in [0.3, 0.4) is 0 Å². The van der Waals surface area contributed by atoms with Crippen LogP contribution in [0.2, 0.25) is 0 Å². The Labute approximate surface area is 144 Å². The molecule has 7 nitrogen and oxygen atoms in total. The summed E-state index contributed by atoms with van der Waals surface area (Å²) in [6.07, 6.45) is 0. The summed E-state index contributed by atoms with van der Waals surface area (Å²) < 4.78 is 21.6. The maximum atomic E-state index is 12.4. The maximum Gasteiger partial charge on any atom is 0.246 e. The van der Waals surface area contributed by atoms with Crippen molar-refractivity contribution in [3.8, 4) is 23.0 Å². The summed E-state index contributed by atoms with van der Waals surface area (Å²) in [6, 6.07) is 10.4. The van der Waals surface area contributed by atoms with Crippen molar-refractivity contribution in [2.45, 2.75) is 13.0 Å². The predicted octanol–water partition coefficient (Wildman–Crippen LogP) is 2.63. The first kappa shape index (κ1) is 15.4. The lowest BCUT2D eigenvalue weighted by atomic mass is 10.2. The highest BCUT2D eigenvalue weighted by molar-refractivity contribution is 5.96. The van der Waals surface area contributed by atoms with Gasteiger partial charge in [-0.15, -0.1) is 0 Å². The molecule has 4 rings (SSSR count). The predicted molar refractivity (Wildman–Crippen MR) is 91.7 cm³/mol. The highest BCUT2D eigenvalue weighted by Crippen LogP contribution is 2.35. The van der Waals surface area contributed by atoms with E-state index in [9.17, 15) is 4.79 Å². The van der Waals surface area contributed by atoms with Crippen molar-refractivity contribution in [2.24, 2.45) is 0 Å². The summed E-state index contributed by atoms with van der Waals surface area (Å²) in [4.78, 5) is 12.4. The van der Waals surface area contributed by atoms with Gasteiger partial charge in [0.05, 0.1) is 0 Å². The van der Waals surface area contributed by atoms with E-state index in [0.717, 1.165) is 5.69 Å². The number of anilines is 2. The van der Waals surface area contributed by atoms with Crippen LogP contribution in [0.1, 0.15) is 6.92 Å². The summed E-state index contributed by atoms with van der Waals surface area (Å²) >= 11 is 0. The Morgan fingerprint density at radius 3 is 2.32 bits per heavy atom. The first-order valence-electron chi connectivity index (χ1n) is 8.06. The molecule has 0 bridgehead atoms. The largest absolute Gasteiger partial charge is 0.486 e. The molecule has 0 saturated heterocycles. The molecule has 2 aromatic carbocycles. The van der Waals surface area contributed by atoms with Gasteiger partial charge >= 0.3 is 0 Å². The first-order chi connectivity index (χ1) is 12.2. The smallest absolute Gasteiger partial charge is 0.246 e. The zero-order valence-electron chi connectivity index (χ0n) is 13.7. The second-order valence-corrected chi connectivity index (χ2v) is 5.78. The Morgan fingerprint density at radius 1 is 0.880 bits per heavy atom. The average molecular weight is 342 g/mol. The molecule has 0 spiro atoms. The topological polar surface area (TPSA) is 78.1 Å². The van der Waals surface area contributed by atoms with Gasteiger partial charge in [-0.05, 0) is 31.2 Å². The van der Waals surface area contributed by atoms with Gasteiger partial charge in [-0.3, -0.25) is 4.79 Å². The van der Waals surface area contributed by atoms with E-state index in [2.05, 4.69) is 10.6 Å². The molecule has 0 aromatic heterocycles. The molecule has 0 saturated carbocycles. The summed E-state index contributed by atoms with van der Waals surface area (Å²) in [7, 11) is 0. The lowest BCUT2D eigenvalue weighted by Crippen LogP contribution is -2.31. The van der Waals surface area contributed by atoms with Gasteiger partial charge in [0, 0.05) is 23.5 Å². The zero-order valence-corrected chi connectivity index (χ0v) is 13.7. The van der Waals surface area contributed by atoms with E-state index in [0.29, 0.717) is 41.9 Å². The molecule has 2 aliphatic heterocycles. The second kappa shape index (κ2) is 6.43. The van der Waals surface area contributed by atoms with Crippen molar-refractivity contribution >= 4 is 17.3 Å². The Morgan fingerprint density at radius 2 is 1.48 bits per heavy atom. The van der Waals surface area contributed by atoms with Crippen LogP contribution in [0.25, 0.3) is 0 Å². The number of benzene rings is 2. The molecule has 2 N–H and O–H groups in total. The Bertz CT molecular complexity index is 808. The zero-order chi connectivity index (χ0) is 17.2. The monoisotopic (exact) mass is 342 g/mol. The van der Waals surface area contributed by atoms with Crippen LogP contribution in [-0.2, 0) is 4.79 Å². The van der Waals surface area contributed by atoms with Crippen molar-refractivity contribution in [3.63, 3.8) is 0 Å². The molecular weight excluding hydrogens is 324 g/mol. The Kier molecular flexibility index (Phi) is 3.97. The maximum absolute atomic E-state index is 12.4. The number of hydrogen-bond donors (Lipinski definition) is 2. The third kappa shape index (κ3) is 3.26. The van der Waals surface area contributed by atoms with E-state index in [1.165, 1.54) is 0 Å². The van der Waals surface area contributed by atoms with Gasteiger partial charge in [0.25, 0.3) is 0 Å². The number of carbonyl (C=O) groups excluding carboxylic acids is 1. The van der Waals surface area contributed by atoms with E-state index in [-0.39, 0.29) is 12.7 Å². The van der Waals surface area contributed by atoms with Crippen molar-refractivity contribution in [3.05, 3.63) is 36.4 Å². The SMILES string of the molecule is C[C@H](Nc1ccc2c(c1)OCO2)C(=O)Nc1ccc2c(c1)OCCO2. The number of ether oxygens (including phenoxy) is 4. The fraction of sp³-hybridized carbons (Fsp3) is 0.278. The van der Waals surface area contributed by atoms with Crippen LogP contribution >= 0.6 is 0 Å². The third-order valence-corrected chi connectivity index (χ3v) is 3.96. The van der Waals surface area contributed by atoms with Crippen LogP contribution in [0, 0.1) is 0 Å². The van der Waals surface area contributed by atoms with Gasteiger partial charge in [-0.1, -0.05) is 0 Å².